The van der Waals surface area contributed by atoms with Crippen molar-refractivity contribution in [1.29, 1.82) is 0 Å². The lowest BCUT2D eigenvalue weighted by Gasteiger charge is -2.15. The van der Waals surface area contributed by atoms with Crippen LogP contribution >= 0.6 is 11.3 Å². The molecule has 0 radical (unpaired) electrons. The maximum absolute atomic E-state index is 6.38. The Balaban J connectivity index is 1.36. The Labute approximate surface area is 213 Å². The van der Waals surface area contributed by atoms with Gasteiger partial charge in [0.1, 0.15) is 12.4 Å². The number of pyridine rings is 1. The number of aromatic amines is 1. The van der Waals surface area contributed by atoms with E-state index >= 15 is 0 Å². The number of aryl methyl sites for hydroxylation is 1. The molecule has 3 N–H and O–H groups in total. The minimum atomic E-state index is -0.108. The third-order valence-corrected chi connectivity index (χ3v) is 7.50. The smallest absolute Gasteiger partial charge is 0.138 e. The van der Waals surface area contributed by atoms with Crippen LogP contribution in [0.15, 0.2) is 91.1 Å². The normalized spacial score (nSPS) is 12.3. The number of aromatic nitrogens is 3. The molecule has 0 saturated carbocycles. The zero-order valence-electron chi connectivity index (χ0n) is 19.9. The van der Waals surface area contributed by atoms with Gasteiger partial charge in [-0.15, -0.1) is 11.3 Å². The number of nitrogens with two attached hydrogens (primary N) is 1. The number of rotatable bonds is 7. The van der Waals surface area contributed by atoms with Gasteiger partial charge in [0.15, 0.2) is 0 Å². The van der Waals surface area contributed by atoms with Crippen molar-refractivity contribution < 1.29 is 4.74 Å². The fourth-order valence-corrected chi connectivity index (χ4v) is 5.60. The average Bonchev–Trinajstić information content (AvgIpc) is 3.51. The SMILES string of the molecule is Cc1[nH]nc2ccc(-c3cc(OC[C@@H](N)Cc4ccccc4)cnc3-c3cc4ccccc4s3)cc12. The summed E-state index contributed by atoms with van der Waals surface area (Å²) in [6, 6.07) is 29.2. The Morgan fingerprint density at radius 2 is 1.81 bits per heavy atom. The second kappa shape index (κ2) is 9.57. The second-order valence-corrected chi connectivity index (χ2v) is 10.1. The van der Waals surface area contributed by atoms with E-state index in [-0.39, 0.29) is 6.04 Å². The molecule has 6 rings (SSSR count). The van der Waals surface area contributed by atoms with E-state index in [4.69, 9.17) is 15.5 Å². The first kappa shape index (κ1) is 22.5. The van der Waals surface area contributed by atoms with Crippen LogP contribution in [0.3, 0.4) is 0 Å². The van der Waals surface area contributed by atoms with Crippen LogP contribution in [0, 0.1) is 6.92 Å². The number of hydrogen-bond donors (Lipinski definition) is 2. The summed E-state index contributed by atoms with van der Waals surface area (Å²) in [5.74, 6) is 0.711. The van der Waals surface area contributed by atoms with Gasteiger partial charge in [0, 0.05) is 27.4 Å². The molecule has 178 valence electrons. The van der Waals surface area contributed by atoms with Crippen molar-refractivity contribution in [3.63, 3.8) is 0 Å². The van der Waals surface area contributed by atoms with Crippen LogP contribution in [-0.2, 0) is 6.42 Å². The molecule has 0 fully saturated rings. The highest BCUT2D eigenvalue weighted by molar-refractivity contribution is 7.22. The largest absolute Gasteiger partial charge is 0.490 e. The summed E-state index contributed by atoms with van der Waals surface area (Å²) in [5, 5.41) is 9.79. The summed E-state index contributed by atoms with van der Waals surface area (Å²) >= 11 is 1.75. The molecule has 5 nitrogen and oxygen atoms in total. The molecule has 0 unspecified atom stereocenters. The molecule has 36 heavy (non-hydrogen) atoms. The number of thiophene rings is 1. The average molecular weight is 491 g/mol. The molecule has 0 aliphatic carbocycles. The highest BCUT2D eigenvalue weighted by Crippen LogP contribution is 2.39. The lowest BCUT2D eigenvalue weighted by atomic mass is 10.0. The lowest BCUT2D eigenvalue weighted by molar-refractivity contribution is 0.287. The van der Waals surface area contributed by atoms with Gasteiger partial charge in [0.2, 0.25) is 0 Å². The van der Waals surface area contributed by atoms with Crippen LogP contribution in [0.25, 0.3) is 42.7 Å². The zero-order chi connectivity index (χ0) is 24.5. The Bertz CT molecular complexity index is 1620. The van der Waals surface area contributed by atoms with Gasteiger partial charge >= 0.3 is 0 Å². The molecule has 0 bridgehead atoms. The monoisotopic (exact) mass is 490 g/mol. The minimum absolute atomic E-state index is 0.108. The summed E-state index contributed by atoms with van der Waals surface area (Å²) in [4.78, 5) is 6.02. The predicted octanol–water partition coefficient (Wildman–Crippen LogP) is 6.76. The Morgan fingerprint density at radius 1 is 0.972 bits per heavy atom. The maximum atomic E-state index is 6.38. The van der Waals surface area contributed by atoms with Crippen molar-refractivity contribution >= 4 is 32.3 Å². The number of nitrogens with one attached hydrogen (secondary N) is 1. The molecule has 6 aromatic rings. The summed E-state index contributed by atoms with van der Waals surface area (Å²) < 4.78 is 7.39. The van der Waals surface area contributed by atoms with Crippen LogP contribution in [0.1, 0.15) is 11.3 Å². The summed E-state index contributed by atoms with van der Waals surface area (Å²) in [6.45, 7) is 2.45. The first-order valence-electron chi connectivity index (χ1n) is 12.0. The maximum Gasteiger partial charge on any atom is 0.138 e. The van der Waals surface area contributed by atoms with Crippen LogP contribution < -0.4 is 10.5 Å². The molecular weight excluding hydrogens is 464 g/mol. The molecule has 0 aliphatic heterocycles. The lowest BCUT2D eigenvalue weighted by Crippen LogP contribution is -2.30. The number of H-pyrrole nitrogens is 1. The summed E-state index contributed by atoms with van der Waals surface area (Å²) in [5.41, 5.74) is 12.6. The van der Waals surface area contributed by atoms with Gasteiger partial charge in [0.05, 0.1) is 22.3 Å². The molecule has 0 spiro atoms. The van der Waals surface area contributed by atoms with Crippen LogP contribution in [0.5, 0.6) is 5.75 Å². The van der Waals surface area contributed by atoms with Gasteiger partial charge in [-0.2, -0.15) is 5.10 Å². The zero-order valence-corrected chi connectivity index (χ0v) is 20.8. The highest BCUT2D eigenvalue weighted by atomic mass is 32.1. The summed E-state index contributed by atoms with van der Waals surface area (Å²) in [6.07, 6.45) is 2.57. The molecule has 6 heteroatoms. The van der Waals surface area contributed by atoms with Crippen LogP contribution in [0.2, 0.25) is 0 Å². The number of nitrogens with zero attached hydrogens (tertiary/aromatic N) is 2. The van der Waals surface area contributed by atoms with Crippen LogP contribution in [0.4, 0.5) is 0 Å². The van der Waals surface area contributed by atoms with Gasteiger partial charge < -0.3 is 10.5 Å². The van der Waals surface area contributed by atoms with Crippen molar-refractivity contribution in [2.24, 2.45) is 5.73 Å². The Kier molecular flexibility index (Phi) is 5.97. The van der Waals surface area contributed by atoms with Gasteiger partial charge in [-0.25, -0.2) is 0 Å². The van der Waals surface area contributed by atoms with Crippen molar-refractivity contribution in [1.82, 2.24) is 15.2 Å². The van der Waals surface area contributed by atoms with Crippen LogP contribution in [-0.4, -0.2) is 27.8 Å². The number of hydrogen-bond acceptors (Lipinski definition) is 5. The van der Waals surface area contributed by atoms with Crippen molar-refractivity contribution in [2.45, 2.75) is 19.4 Å². The molecule has 3 aromatic carbocycles. The van der Waals surface area contributed by atoms with E-state index in [2.05, 4.69) is 70.9 Å². The molecule has 0 aliphatic rings. The van der Waals surface area contributed by atoms with Crippen molar-refractivity contribution in [3.8, 4) is 27.4 Å². The Morgan fingerprint density at radius 3 is 2.67 bits per heavy atom. The van der Waals surface area contributed by atoms with E-state index in [9.17, 15) is 0 Å². The number of benzene rings is 3. The van der Waals surface area contributed by atoms with Gasteiger partial charge in [0.25, 0.3) is 0 Å². The molecule has 0 amide bonds. The fourth-order valence-electron chi connectivity index (χ4n) is 4.52. The standard InChI is InChI=1S/C30H26N4OS/c1-19-25-14-21(11-12-27(25)34-33-19)26-16-24(35-18-23(31)13-20-7-3-2-4-8-20)17-32-30(26)29-15-22-9-5-6-10-28(22)36-29/h2-12,14-17,23H,13,18,31H2,1H3,(H,33,34)/t23-/m0/s1. The molecule has 1 atom stereocenters. The van der Waals surface area contributed by atoms with E-state index in [0.717, 1.165) is 44.7 Å². The van der Waals surface area contributed by atoms with E-state index in [1.54, 1.807) is 17.5 Å². The van der Waals surface area contributed by atoms with Gasteiger partial charge in [-0.3, -0.25) is 10.1 Å². The minimum Gasteiger partial charge on any atom is -0.490 e. The molecule has 0 saturated heterocycles. The first-order chi connectivity index (χ1) is 17.6. The third-order valence-electron chi connectivity index (χ3n) is 6.38. The third kappa shape index (κ3) is 4.49. The topological polar surface area (TPSA) is 76.8 Å². The predicted molar refractivity (Wildman–Crippen MR) is 148 cm³/mol. The van der Waals surface area contributed by atoms with E-state index in [1.165, 1.54) is 15.6 Å². The molecule has 3 heterocycles. The van der Waals surface area contributed by atoms with Gasteiger partial charge in [-0.05, 0) is 60.2 Å². The van der Waals surface area contributed by atoms with E-state index < -0.39 is 0 Å². The molecular formula is C30H26N4OS. The highest BCUT2D eigenvalue weighted by Gasteiger charge is 2.16. The van der Waals surface area contributed by atoms with Crippen molar-refractivity contribution in [2.75, 3.05) is 6.61 Å². The van der Waals surface area contributed by atoms with Gasteiger partial charge in [-0.1, -0.05) is 54.6 Å². The Hall–Kier alpha value is -4.00. The number of fused-ring (bicyclic) bond motifs is 2. The summed E-state index contributed by atoms with van der Waals surface area (Å²) in [7, 11) is 0. The number of ether oxygens (including phenoxy) is 1. The fraction of sp³-hybridized carbons (Fsp3) is 0.133. The first-order valence-corrected chi connectivity index (χ1v) is 12.8. The molecule has 3 aromatic heterocycles. The quantitative estimate of drug-likeness (QED) is 0.259. The van der Waals surface area contributed by atoms with E-state index in [0.29, 0.717) is 12.4 Å². The van der Waals surface area contributed by atoms with E-state index in [1.807, 2.05) is 31.2 Å². The second-order valence-electron chi connectivity index (χ2n) is 9.06. The van der Waals surface area contributed by atoms with Crippen molar-refractivity contribution in [3.05, 3.63) is 102 Å².